The summed E-state index contributed by atoms with van der Waals surface area (Å²) in [6.45, 7) is 8.80. The van der Waals surface area contributed by atoms with E-state index in [4.69, 9.17) is 0 Å². The Morgan fingerprint density at radius 2 is 1.89 bits per heavy atom. The fourth-order valence-corrected chi connectivity index (χ4v) is 2.48. The second kappa shape index (κ2) is 4.56. The Balaban J connectivity index is 2.20. The van der Waals surface area contributed by atoms with Gasteiger partial charge in [0.2, 0.25) is 11.8 Å². The molecule has 1 aliphatic carbocycles. The highest BCUT2D eigenvalue weighted by molar-refractivity contribution is 5.91. The molecule has 1 saturated heterocycles. The molecular weight excluding hydrogens is 228 g/mol. The van der Waals surface area contributed by atoms with E-state index in [0.29, 0.717) is 12.3 Å². The van der Waals surface area contributed by atoms with Crippen LogP contribution in [0.3, 0.4) is 0 Å². The van der Waals surface area contributed by atoms with Gasteiger partial charge in [-0.05, 0) is 31.1 Å². The topological polar surface area (TPSA) is 49.4 Å². The van der Waals surface area contributed by atoms with E-state index < -0.39 is 6.04 Å². The summed E-state index contributed by atoms with van der Waals surface area (Å²) in [5.74, 6) is 0.743. The molecule has 1 heterocycles. The van der Waals surface area contributed by atoms with Crippen LogP contribution in [0.5, 0.6) is 0 Å². The molecule has 2 atom stereocenters. The number of carbonyl (C=O) groups is 2. The lowest BCUT2D eigenvalue weighted by Gasteiger charge is -2.34. The minimum absolute atomic E-state index is 0.00549. The largest absolute Gasteiger partial charge is 0.344 e. The van der Waals surface area contributed by atoms with Gasteiger partial charge in [0.15, 0.2) is 0 Å². The van der Waals surface area contributed by atoms with E-state index in [-0.39, 0.29) is 23.3 Å². The summed E-state index contributed by atoms with van der Waals surface area (Å²) < 4.78 is 0. The third-order valence-electron chi connectivity index (χ3n) is 3.87. The van der Waals surface area contributed by atoms with E-state index >= 15 is 0 Å². The summed E-state index contributed by atoms with van der Waals surface area (Å²) in [5.41, 5.74) is -0.237. The first-order valence-corrected chi connectivity index (χ1v) is 6.89. The van der Waals surface area contributed by atoms with Crippen LogP contribution in [0.2, 0.25) is 0 Å². The normalized spacial score (nSPS) is 30.1. The fourth-order valence-electron chi connectivity index (χ4n) is 2.48. The summed E-state index contributed by atoms with van der Waals surface area (Å²) in [4.78, 5) is 26.4. The van der Waals surface area contributed by atoms with E-state index in [9.17, 15) is 9.59 Å². The maximum atomic E-state index is 12.6. The molecule has 0 bridgehead atoms. The predicted molar refractivity (Wildman–Crippen MR) is 69.9 cm³/mol. The Kier molecular flexibility index (Phi) is 3.39. The monoisotopic (exact) mass is 252 g/mol. The van der Waals surface area contributed by atoms with Crippen molar-refractivity contribution in [3.8, 4) is 0 Å². The van der Waals surface area contributed by atoms with E-state index in [1.165, 1.54) is 12.8 Å². The molecule has 2 unspecified atom stereocenters. The molecule has 2 fully saturated rings. The van der Waals surface area contributed by atoms with Crippen LogP contribution < -0.4 is 5.32 Å². The van der Waals surface area contributed by atoms with Gasteiger partial charge < -0.3 is 10.2 Å². The Morgan fingerprint density at radius 3 is 2.39 bits per heavy atom. The smallest absolute Gasteiger partial charge is 0.245 e. The van der Waals surface area contributed by atoms with Crippen molar-refractivity contribution in [2.24, 2.45) is 11.3 Å². The van der Waals surface area contributed by atoms with Crippen LogP contribution in [0, 0.1) is 11.3 Å². The predicted octanol–water partition coefficient (Wildman–Crippen LogP) is 1.55. The highest BCUT2D eigenvalue weighted by Crippen LogP contribution is 2.32. The van der Waals surface area contributed by atoms with Gasteiger partial charge in [-0.25, -0.2) is 0 Å². The van der Waals surface area contributed by atoms with Crippen molar-refractivity contribution in [2.75, 3.05) is 6.54 Å². The number of hydrogen-bond donors (Lipinski definition) is 1. The van der Waals surface area contributed by atoms with Crippen LogP contribution in [0.4, 0.5) is 0 Å². The second-order valence-electron chi connectivity index (χ2n) is 6.85. The number of nitrogens with zero attached hydrogens (tertiary/aromatic N) is 1. The molecule has 1 N–H and O–H groups in total. The number of amides is 2. The number of hydrogen-bond acceptors (Lipinski definition) is 2. The van der Waals surface area contributed by atoms with E-state index in [1.807, 2.05) is 32.6 Å². The lowest BCUT2D eigenvalue weighted by Crippen LogP contribution is -2.53. The van der Waals surface area contributed by atoms with E-state index in [0.717, 1.165) is 6.54 Å². The molecule has 2 aliphatic rings. The van der Waals surface area contributed by atoms with Gasteiger partial charge in [0.1, 0.15) is 6.04 Å². The van der Waals surface area contributed by atoms with Gasteiger partial charge in [-0.3, -0.25) is 9.59 Å². The molecule has 2 amide bonds. The van der Waals surface area contributed by atoms with Crippen molar-refractivity contribution >= 4 is 11.8 Å². The first-order chi connectivity index (χ1) is 8.29. The standard InChI is InChI=1S/C14H24N2O2/c1-9-7-11(17)15-12(14(2,3)4)13(18)16(9)8-10-5-6-10/h9-10,12H,5-8H2,1-4H3,(H,15,17). The van der Waals surface area contributed by atoms with Crippen molar-refractivity contribution in [2.45, 2.75) is 59.0 Å². The van der Waals surface area contributed by atoms with Crippen LogP contribution in [0.1, 0.15) is 47.0 Å². The SMILES string of the molecule is CC1CC(=O)NC(C(C)(C)C)C(=O)N1CC1CC1. The van der Waals surface area contributed by atoms with Crippen LogP contribution >= 0.6 is 0 Å². The first-order valence-electron chi connectivity index (χ1n) is 6.89. The minimum Gasteiger partial charge on any atom is -0.344 e. The molecule has 0 spiro atoms. The maximum absolute atomic E-state index is 12.6. The van der Waals surface area contributed by atoms with Gasteiger partial charge in [0, 0.05) is 19.0 Å². The molecule has 0 aromatic heterocycles. The Bertz CT molecular complexity index is 355. The van der Waals surface area contributed by atoms with Gasteiger partial charge in [-0.1, -0.05) is 20.8 Å². The number of nitrogens with one attached hydrogen (secondary N) is 1. The van der Waals surface area contributed by atoms with E-state index in [2.05, 4.69) is 5.32 Å². The third kappa shape index (κ3) is 2.85. The van der Waals surface area contributed by atoms with Crippen molar-refractivity contribution in [3.05, 3.63) is 0 Å². The van der Waals surface area contributed by atoms with Crippen molar-refractivity contribution in [3.63, 3.8) is 0 Å². The number of rotatable bonds is 2. The van der Waals surface area contributed by atoms with Crippen LogP contribution in [-0.2, 0) is 9.59 Å². The highest BCUT2D eigenvalue weighted by atomic mass is 16.2. The van der Waals surface area contributed by atoms with Gasteiger partial charge in [-0.15, -0.1) is 0 Å². The quantitative estimate of drug-likeness (QED) is 0.810. The molecule has 0 aromatic carbocycles. The summed E-state index contributed by atoms with van der Waals surface area (Å²) in [6, 6.07) is -0.376. The zero-order valence-corrected chi connectivity index (χ0v) is 11.8. The third-order valence-corrected chi connectivity index (χ3v) is 3.87. The molecule has 2 rings (SSSR count). The molecule has 1 aliphatic heterocycles. The average molecular weight is 252 g/mol. The molecule has 18 heavy (non-hydrogen) atoms. The van der Waals surface area contributed by atoms with Crippen LogP contribution in [-0.4, -0.2) is 35.3 Å². The zero-order valence-electron chi connectivity index (χ0n) is 11.8. The molecule has 0 aromatic rings. The van der Waals surface area contributed by atoms with Crippen LogP contribution in [0.15, 0.2) is 0 Å². The summed E-state index contributed by atoms with van der Waals surface area (Å²) >= 11 is 0. The lowest BCUT2D eigenvalue weighted by molar-refractivity contribution is -0.137. The van der Waals surface area contributed by atoms with Crippen molar-refractivity contribution in [1.29, 1.82) is 0 Å². The molecule has 102 valence electrons. The highest BCUT2D eigenvalue weighted by Gasteiger charge is 2.41. The Morgan fingerprint density at radius 1 is 1.28 bits per heavy atom. The zero-order chi connectivity index (χ0) is 13.5. The Labute approximate surface area is 109 Å². The Hall–Kier alpha value is -1.06. The maximum Gasteiger partial charge on any atom is 0.245 e. The van der Waals surface area contributed by atoms with Crippen molar-refractivity contribution in [1.82, 2.24) is 10.2 Å². The van der Waals surface area contributed by atoms with Gasteiger partial charge in [-0.2, -0.15) is 0 Å². The first kappa shape index (κ1) is 13.4. The van der Waals surface area contributed by atoms with Gasteiger partial charge in [0.25, 0.3) is 0 Å². The second-order valence-corrected chi connectivity index (χ2v) is 6.85. The summed E-state index contributed by atoms with van der Waals surface area (Å²) in [7, 11) is 0. The summed E-state index contributed by atoms with van der Waals surface area (Å²) in [6.07, 6.45) is 2.86. The number of carbonyl (C=O) groups excluding carboxylic acids is 2. The molecule has 1 saturated carbocycles. The van der Waals surface area contributed by atoms with Gasteiger partial charge >= 0.3 is 0 Å². The van der Waals surface area contributed by atoms with E-state index in [1.54, 1.807) is 0 Å². The lowest BCUT2D eigenvalue weighted by atomic mass is 9.86. The van der Waals surface area contributed by atoms with Crippen LogP contribution in [0.25, 0.3) is 0 Å². The summed E-state index contributed by atoms with van der Waals surface area (Å²) in [5, 5.41) is 2.89. The molecule has 4 heteroatoms. The fraction of sp³-hybridized carbons (Fsp3) is 0.857. The van der Waals surface area contributed by atoms with Gasteiger partial charge in [0.05, 0.1) is 0 Å². The van der Waals surface area contributed by atoms with Crippen molar-refractivity contribution < 1.29 is 9.59 Å². The molecule has 4 nitrogen and oxygen atoms in total. The molecular formula is C14H24N2O2. The minimum atomic E-state index is -0.395. The molecule has 0 radical (unpaired) electrons. The average Bonchev–Trinajstić information content (AvgIpc) is 3.03.